The van der Waals surface area contributed by atoms with E-state index in [-0.39, 0.29) is 6.04 Å². The largest absolute Gasteiger partial charge is 0.326 e. The summed E-state index contributed by atoms with van der Waals surface area (Å²) in [6, 6.07) is 1.79. The summed E-state index contributed by atoms with van der Waals surface area (Å²) in [5.74, 6) is 0. The van der Waals surface area contributed by atoms with Gasteiger partial charge in [0, 0.05) is 25.7 Å². The molecule has 1 aliphatic rings. The topological polar surface area (TPSA) is 66.6 Å². The molecular formula is C12H21N3O2S2. The quantitative estimate of drug-likeness (QED) is 0.878. The molecule has 1 aromatic heterocycles. The van der Waals surface area contributed by atoms with Crippen LogP contribution in [0.2, 0.25) is 0 Å². The summed E-state index contributed by atoms with van der Waals surface area (Å²) in [6.07, 6.45) is 1.87. The van der Waals surface area contributed by atoms with Gasteiger partial charge >= 0.3 is 0 Å². The van der Waals surface area contributed by atoms with Crippen molar-refractivity contribution >= 4 is 21.4 Å². The number of sulfonamides is 1. The van der Waals surface area contributed by atoms with Crippen molar-refractivity contribution in [3.63, 3.8) is 0 Å². The van der Waals surface area contributed by atoms with Crippen LogP contribution in [0.25, 0.3) is 0 Å². The Morgan fingerprint density at radius 3 is 2.84 bits per heavy atom. The number of thiophene rings is 1. The molecule has 1 aromatic rings. The fraction of sp³-hybridized carbons (Fsp3) is 0.667. The van der Waals surface area contributed by atoms with Crippen molar-refractivity contribution in [2.45, 2.75) is 29.6 Å². The van der Waals surface area contributed by atoms with Crippen LogP contribution in [0.5, 0.6) is 0 Å². The second-order valence-electron chi connectivity index (χ2n) is 5.15. The first-order chi connectivity index (χ1) is 8.95. The summed E-state index contributed by atoms with van der Waals surface area (Å²) < 4.78 is 27.3. The maximum atomic E-state index is 12.6. The van der Waals surface area contributed by atoms with E-state index in [9.17, 15) is 8.42 Å². The highest BCUT2D eigenvalue weighted by molar-refractivity contribution is 7.91. The molecule has 19 heavy (non-hydrogen) atoms. The van der Waals surface area contributed by atoms with Gasteiger partial charge in [-0.2, -0.15) is 4.31 Å². The van der Waals surface area contributed by atoms with Gasteiger partial charge in [0.05, 0.1) is 0 Å². The van der Waals surface area contributed by atoms with Crippen LogP contribution in [0.15, 0.2) is 15.7 Å². The van der Waals surface area contributed by atoms with Gasteiger partial charge in [-0.1, -0.05) is 0 Å². The van der Waals surface area contributed by atoms with E-state index in [4.69, 9.17) is 5.73 Å². The second-order valence-corrected chi connectivity index (χ2v) is 8.18. The molecule has 2 rings (SSSR count). The van der Waals surface area contributed by atoms with Gasteiger partial charge in [-0.25, -0.2) is 8.42 Å². The van der Waals surface area contributed by atoms with Crippen molar-refractivity contribution in [1.82, 2.24) is 9.21 Å². The summed E-state index contributed by atoms with van der Waals surface area (Å²) in [5, 5.41) is 1.82. The normalized spacial score (nSPS) is 21.4. The van der Waals surface area contributed by atoms with Gasteiger partial charge in [-0.05, 0) is 43.9 Å². The molecule has 2 heterocycles. The summed E-state index contributed by atoms with van der Waals surface area (Å²) in [5.41, 5.74) is 6.43. The number of hydrogen-bond acceptors (Lipinski definition) is 5. The molecule has 1 atom stereocenters. The van der Waals surface area contributed by atoms with Crippen molar-refractivity contribution in [3.05, 3.63) is 17.0 Å². The Morgan fingerprint density at radius 1 is 1.53 bits per heavy atom. The predicted molar refractivity (Wildman–Crippen MR) is 77.7 cm³/mol. The Labute approximate surface area is 119 Å². The third-order valence-corrected chi connectivity index (χ3v) is 6.74. The van der Waals surface area contributed by atoms with Gasteiger partial charge in [-0.3, -0.25) is 0 Å². The third-order valence-electron chi connectivity index (χ3n) is 3.33. The molecule has 0 aromatic carbocycles. The van der Waals surface area contributed by atoms with Crippen LogP contribution in [0, 0.1) is 0 Å². The van der Waals surface area contributed by atoms with Crippen LogP contribution in [0.3, 0.4) is 0 Å². The van der Waals surface area contributed by atoms with Crippen molar-refractivity contribution in [3.8, 4) is 0 Å². The fourth-order valence-corrected chi connectivity index (χ4v) is 5.48. The molecule has 2 N–H and O–H groups in total. The SMILES string of the molecule is CN(C)CC1CCCN1S(=O)(=O)c1cc(CN)cs1. The van der Waals surface area contributed by atoms with Crippen LogP contribution in [0.4, 0.5) is 0 Å². The summed E-state index contributed by atoms with van der Waals surface area (Å²) in [4.78, 5) is 2.04. The van der Waals surface area contributed by atoms with Gasteiger partial charge in [0.25, 0.3) is 10.0 Å². The van der Waals surface area contributed by atoms with Crippen molar-refractivity contribution in [2.24, 2.45) is 5.73 Å². The highest BCUT2D eigenvalue weighted by Gasteiger charge is 2.36. The number of nitrogens with zero attached hydrogens (tertiary/aromatic N) is 2. The van der Waals surface area contributed by atoms with Crippen LogP contribution >= 0.6 is 11.3 Å². The molecule has 0 radical (unpaired) electrons. The number of nitrogens with two attached hydrogens (primary N) is 1. The summed E-state index contributed by atoms with van der Waals surface area (Å²) in [7, 11) is 0.593. The zero-order chi connectivity index (χ0) is 14.0. The van der Waals surface area contributed by atoms with Gasteiger partial charge in [0.2, 0.25) is 0 Å². The monoisotopic (exact) mass is 303 g/mol. The number of likely N-dealkylation sites (N-methyl/N-ethyl adjacent to an activating group) is 1. The van der Waals surface area contributed by atoms with Crippen molar-refractivity contribution < 1.29 is 8.42 Å². The molecule has 0 spiro atoms. The Morgan fingerprint density at radius 2 is 2.26 bits per heavy atom. The minimum Gasteiger partial charge on any atom is -0.326 e. The standard InChI is InChI=1S/C12H21N3O2S2/c1-14(2)8-11-4-3-5-15(11)19(16,17)12-6-10(7-13)9-18-12/h6,9,11H,3-5,7-8,13H2,1-2H3. The zero-order valence-electron chi connectivity index (χ0n) is 11.4. The van der Waals surface area contributed by atoms with Crippen LogP contribution < -0.4 is 5.73 Å². The Hall–Kier alpha value is -0.470. The number of hydrogen-bond donors (Lipinski definition) is 1. The van der Waals surface area contributed by atoms with Gasteiger partial charge in [0.1, 0.15) is 4.21 Å². The minimum atomic E-state index is -3.35. The van der Waals surface area contributed by atoms with Crippen LogP contribution in [-0.4, -0.2) is 50.8 Å². The predicted octanol–water partition coefficient (Wildman–Crippen LogP) is 0.921. The van der Waals surface area contributed by atoms with Crippen molar-refractivity contribution in [2.75, 3.05) is 27.2 Å². The second kappa shape index (κ2) is 5.88. The smallest absolute Gasteiger partial charge is 0.252 e. The molecule has 0 bridgehead atoms. The van der Waals surface area contributed by atoms with E-state index in [0.29, 0.717) is 17.3 Å². The van der Waals surface area contributed by atoms with Gasteiger partial charge in [-0.15, -0.1) is 11.3 Å². The Kier molecular flexibility index (Phi) is 4.62. The lowest BCUT2D eigenvalue weighted by atomic mass is 10.2. The van der Waals surface area contributed by atoms with E-state index in [1.54, 1.807) is 10.4 Å². The van der Waals surface area contributed by atoms with Gasteiger partial charge < -0.3 is 10.6 Å². The molecule has 0 amide bonds. The Bertz CT molecular complexity index is 525. The van der Waals surface area contributed by atoms with Crippen LogP contribution in [-0.2, 0) is 16.6 Å². The lowest BCUT2D eigenvalue weighted by Gasteiger charge is -2.25. The van der Waals surface area contributed by atoms with E-state index in [2.05, 4.69) is 0 Å². The molecule has 1 saturated heterocycles. The molecule has 1 aliphatic heterocycles. The average Bonchev–Trinajstić information content (AvgIpc) is 2.95. The molecule has 108 valence electrons. The molecule has 7 heteroatoms. The van der Waals surface area contributed by atoms with E-state index >= 15 is 0 Å². The zero-order valence-corrected chi connectivity index (χ0v) is 13.0. The third kappa shape index (κ3) is 3.17. The molecule has 1 fully saturated rings. The molecule has 0 saturated carbocycles. The maximum absolute atomic E-state index is 12.6. The first-order valence-electron chi connectivity index (χ1n) is 6.39. The van der Waals surface area contributed by atoms with E-state index in [0.717, 1.165) is 24.9 Å². The highest BCUT2D eigenvalue weighted by atomic mass is 32.2. The van der Waals surface area contributed by atoms with E-state index in [1.165, 1.54) is 11.3 Å². The van der Waals surface area contributed by atoms with Crippen LogP contribution in [0.1, 0.15) is 18.4 Å². The number of rotatable bonds is 5. The molecule has 5 nitrogen and oxygen atoms in total. The highest BCUT2D eigenvalue weighted by Crippen LogP contribution is 2.29. The first-order valence-corrected chi connectivity index (χ1v) is 8.71. The summed E-state index contributed by atoms with van der Waals surface area (Å²) >= 11 is 1.27. The van der Waals surface area contributed by atoms with Crippen molar-refractivity contribution in [1.29, 1.82) is 0 Å². The minimum absolute atomic E-state index is 0.0865. The van der Waals surface area contributed by atoms with Gasteiger partial charge in [0.15, 0.2) is 0 Å². The first kappa shape index (κ1) is 14.9. The Balaban J connectivity index is 2.23. The lowest BCUT2D eigenvalue weighted by molar-refractivity contribution is 0.291. The fourth-order valence-electron chi connectivity index (χ4n) is 2.44. The lowest BCUT2D eigenvalue weighted by Crippen LogP contribution is -2.40. The molecule has 1 unspecified atom stereocenters. The maximum Gasteiger partial charge on any atom is 0.252 e. The molecular weight excluding hydrogens is 282 g/mol. The molecule has 0 aliphatic carbocycles. The van der Waals surface area contributed by atoms with E-state index in [1.807, 2.05) is 24.4 Å². The van der Waals surface area contributed by atoms with E-state index < -0.39 is 10.0 Å². The summed E-state index contributed by atoms with van der Waals surface area (Å²) in [6.45, 7) is 1.78. The average molecular weight is 303 g/mol.